The summed E-state index contributed by atoms with van der Waals surface area (Å²) >= 11 is 2.07. The maximum absolute atomic E-state index is 5.89. The Morgan fingerprint density at radius 2 is 1.50 bits per heavy atom. The Balaban J connectivity index is 2.23. The van der Waals surface area contributed by atoms with Crippen LogP contribution in [0.1, 0.15) is 27.7 Å². The Labute approximate surface area is 109 Å². The van der Waals surface area contributed by atoms with Crippen LogP contribution in [0.3, 0.4) is 0 Å². The lowest BCUT2D eigenvalue weighted by atomic mass is 9.81. The third kappa shape index (κ3) is 2.10. The van der Waals surface area contributed by atoms with Crippen LogP contribution in [0.2, 0.25) is 0 Å². The van der Waals surface area contributed by atoms with E-state index in [2.05, 4.69) is 32.6 Å². The molecular weight excluding hydrogens is 318 g/mol. The second-order valence-electron chi connectivity index (χ2n) is 4.87. The number of hydrogen-bond donors (Lipinski definition) is 0. The molecule has 1 aromatic rings. The van der Waals surface area contributed by atoms with E-state index in [0.29, 0.717) is 0 Å². The summed E-state index contributed by atoms with van der Waals surface area (Å²) in [4.78, 5) is 8.27. The highest BCUT2D eigenvalue weighted by Crippen LogP contribution is 2.36. The quantitative estimate of drug-likeness (QED) is 0.443. The van der Waals surface area contributed by atoms with E-state index in [1.54, 1.807) is 12.4 Å². The van der Waals surface area contributed by atoms with E-state index in [1.165, 1.54) is 0 Å². The van der Waals surface area contributed by atoms with Gasteiger partial charge in [-0.3, -0.25) is 0 Å². The molecule has 6 heteroatoms. The van der Waals surface area contributed by atoms with Crippen LogP contribution >= 0.6 is 22.6 Å². The SMILES string of the molecule is CC1(C)OB(c2cnc(I)nc2)OC1(C)C. The molecule has 1 aliphatic heterocycles. The van der Waals surface area contributed by atoms with E-state index in [9.17, 15) is 0 Å². The summed E-state index contributed by atoms with van der Waals surface area (Å²) < 4.78 is 12.5. The number of hydrogen-bond acceptors (Lipinski definition) is 4. The average molecular weight is 332 g/mol. The van der Waals surface area contributed by atoms with Crippen LogP contribution in [0.25, 0.3) is 0 Å². The van der Waals surface area contributed by atoms with Crippen molar-refractivity contribution in [2.75, 3.05) is 0 Å². The van der Waals surface area contributed by atoms with Gasteiger partial charge in [0, 0.05) is 40.4 Å². The minimum atomic E-state index is -0.373. The van der Waals surface area contributed by atoms with Crippen LogP contribution in [0.4, 0.5) is 0 Å². The van der Waals surface area contributed by atoms with Crippen LogP contribution in [-0.4, -0.2) is 28.3 Å². The molecular formula is C10H14BIN2O2. The fourth-order valence-corrected chi connectivity index (χ4v) is 1.70. The first-order valence-electron chi connectivity index (χ1n) is 5.15. The van der Waals surface area contributed by atoms with E-state index >= 15 is 0 Å². The average Bonchev–Trinajstić information content (AvgIpc) is 2.37. The van der Waals surface area contributed by atoms with Crippen LogP contribution in [0.15, 0.2) is 12.4 Å². The summed E-state index contributed by atoms with van der Waals surface area (Å²) in [6.45, 7) is 8.11. The van der Waals surface area contributed by atoms with Gasteiger partial charge in [-0.2, -0.15) is 0 Å². The molecule has 1 aliphatic rings. The molecule has 86 valence electrons. The molecule has 0 aliphatic carbocycles. The van der Waals surface area contributed by atoms with Crippen molar-refractivity contribution in [3.05, 3.63) is 16.2 Å². The van der Waals surface area contributed by atoms with E-state index in [-0.39, 0.29) is 18.3 Å². The number of rotatable bonds is 1. The zero-order chi connectivity index (χ0) is 12.0. The zero-order valence-corrected chi connectivity index (χ0v) is 12.0. The Kier molecular flexibility index (Phi) is 3.00. The molecule has 16 heavy (non-hydrogen) atoms. The predicted molar refractivity (Wildman–Crippen MR) is 70.5 cm³/mol. The summed E-state index contributed by atoms with van der Waals surface area (Å²) in [5, 5.41) is 0. The number of halogens is 1. The number of aromatic nitrogens is 2. The molecule has 0 unspecified atom stereocenters. The van der Waals surface area contributed by atoms with Gasteiger partial charge in [0.25, 0.3) is 0 Å². The van der Waals surface area contributed by atoms with Gasteiger partial charge >= 0.3 is 7.12 Å². The summed E-state index contributed by atoms with van der Waals surface area (Å²) in [6.07, 6.45) is 3.49. The zero-order valence-electron chi connectivity index (χ0n) is 9.82. The summed E-state index contributed by atoms with van der Waals surface area (Å²) in [5.41, 5.74) is 0.223. The minimum Gasteiger partial charge on any atom is -0.399 e. The van der Waals surface area contributed by atoms with Gasteiger partial charge < -0.3 is 9.31 Å². The van der Waals surface area contributed by atoms with Crippen molar-refractivity contribution >= 4 is 35.2 Å². The molecule has 1 fully saturated rings. The van der Waals surface area contributed by atoms with Crippen LogP contribution in [-0.2, 0) is 9.31 Å². The summed E-state index contributed by atoms with van der Waals surface area (Å²) in [7, 11) is -0.373. The van der Waals surface area contributed by atoms with Crippen LogP contribution < -0.4 is 5.46 Å². The second-order valence-corrected chi connectivity index (χ2v) is 5.84. The van der Waals surface area contributed by atoms with Gasteiger partial charge in [0.15, 0.2) is 3.83 Å². The third-order valence-electron chi connectivity index (χ3n) is 3.17. The van der Waals surface area contributed by atoms with Crippen molar-refractivity contribution in [3.8, 4) is 0 Å². The van der Waals surface area contributed by atoms with E-state index in [4.69, 9.17) is 9.31 Å². The largest absolute Gasteiger partial charge is 0.498 e. The van der Waals surface area contributed by atoms with Gasteiger partial charge in [-0.15, -0.1) is 0 Å². The first-order valence-corrected chi connectivity index (χ1v) is 6.23. The lowest BCUT2D eigenvalue weighted by Gasteiger charge is -2.32. The molecule has 0 atom stereocenters. The van der Waals surface area contributed by atoms with E-state index in [1.807, 2.05) is 27.7 Å². The van der Waals surface area contributed by atoms with Crippen molar-refractivity contribution in [1.29, 1.82) is 0 Å². The molecule has 2 rings (SSSR count). The van der Waals surface area contributed by atoms with Crippen molar-refractivity contribution in [1.82, 2.24) is 9.97 Å². The molecule has 0 spiro atoms. The summed E-state index contributed by atoms with van der Waals surface area (Å²) in [5.74, 6) is 0. The molecule has 0 aromatic carbocycles. The van der Waals surface area contributed by atoms with Gasteiger partial charge in [-0.05, 0) is 27.7 Å². The van der Waals surface area contributed by atoms with Gasteiger partial charge in [0.05, 0.1) is 11.2 Å². The topological polar surface area (TPSA) is 44.2 Å². The fourth-order valence-electron chi connectivity index (χ4n) is 1.42. The maximum atomic E-state index is 5.89. The van der Waals surface area contributed by atoms with Crippen molar-refractivity contribution in [2.45, 2.75) is 38.9 Å². The molecule has 1 aromatic heterocycles. The third-order valence-corrected chi connectivity index (χ3v) is 3.72. The molecule has 1 saturated heterocycles. The first-order chi connectivity index (χ1) is 7.32. The Hall–Kier alpha value is -0.205. The highest BCUT2D eigenvalue weighted by molar-refractivity contribution is 14.1. The Morgan fingerprint density at radius 3 is 1.94 bits per heavy atom. The smallest absolute Gasteiger partial charge is 0.399 e. The van der Waals surface area contributed by atoms with Gasteiger partial charge in [-0.1, -0.05) is 0 Å². The standard InChI is InChI=1S/C10H14BIN2O2/c1-9(2)10(3,4)16-11(15-9)7-5-13-8(12)14-6-7/h5-6H,1-4H3. The normalized spacial score (nSPS) is 22.4. The van der Waals surface area contributed by atoms with Crippen molar-refractivity contribution in [2.24, 2.45) is 0 Å². The lowest BCUT2D eigenvalue weighted by molar-refractivity contribution is 0.00578. The van der Waals surface area contributed by atoms with E-state index < -0.39 is 0 Å². The van der Waals surface area contributed by atoms with Crippen molar-refractivity contribution in [3.63, 3.8) is 0 Å². The Bertz CT molecular complexity index is 378. The van der Waals surface area contributed by atoms with Gasteiger partial charge in [0.1, 0.15) is 0 Å². The molecule has 0 amide bonds. The van der Waals surface area contributed by atoms with Gasteiger partial charge in [-0.25, -0.2) is 9.97 Å². The molecule has 0 bridgehead atoms. The minimum absolute atomic E-state index is 0.319. The highest BCUT2D eigenvalue weighted by atomic mass is 127. The maximum Gasteiger partial charge on any atom is 0.498 e. The highest BCUT2D eigenvalue weighted by Gasteiger charge is 2.51. The first kappa shape index (κ1) is 12.3. The fraction of sp³-hybridized carbons (Fsp3) is 0.600. The number of nitrogens with zero attached hydrogens (tertiary/aromatic N) is 2. The Morgan fingerprint density at radius 1 is 1.06 bits per heavy atom. The molecule has 0 saturated carbocycles. The molecule has 0 N–H and O–H groups in total. The monoisotopic (exact) mass is 332 g/mol. The summed E-state index contributed by atoms with van der Waals surface area (Å²) in [6, 6.07) is 0. The van der Waals surface area contributed by atoms with Crippen LogP contribution in [0.5, 0.6) is 0 Å². The second kappa shape index (κ2) is 3.92. The molecule has 4 nitrogen and oxygen atoms in total. The molecule has 2 heterocycles. The lowest BCUT2D eigenvalue weighted by Crippen LogP contribution is -2.41. The van der Waals surface area contributed by atoms with E-state index in [0.717, 1.165) is 9.29 Å². The van der Waals surface area contributed by atoms with Crippen LogP contribution in [0, 0.1) is 3.83 Å². The molecule has 0 radical (unpaired) electrons. The predicted octanol–water partition coefficient (Wildman–Crippen LogP) is 1.38. The van der Waals surface area contributed by atoms with Crippen molar-refractivity contribution < 1.29 is 9.31 Å². The van der Waals surface area contributed by atoms with Gasteiger partial charge in [0.2, 0.25) is 0 Å².